The molecule has 0 heterocycles. The van der Waals surface area contributed by atoms with Gasteiger partial charge in [-0.1, -0.05) is 43.2 Å². The molecule has 0 aliphatic heterocycles. The van der Waals surface area contributed by atoms with Crippen molar-refractivity contribution in [3.05, 3.63) is 35.9 Å². The van der Waals surface area contributed by atoms with Crippen molar-refractivity contribution in [2.75, 3.05) is 19.7 Å². The third-order valence-electron chi connectivity index (χ3n) is 4.96. The van der Waals surface area contributed by atoms with E-state index in [0.29, 0.717) is 19.6 Å². The molecule has 1 atom stereocenters. The number of aliphatic carboxylic acids is 1. The Hall–Kier alpha value is -2.41. The average molecular weight is 390 g/mol. The lowest BCUT2D eigenvalue weighted by atomic mass is 10.0. The Morgan fingerprint density at radius 3 is 2.50 bits per heavy atom. The molecule has 1 aromatic carbocycles. The van der Waals surface area contributed by atoms with E-state index in [4.69, 9.17) is 4.74 Å². The molecule has 154 valence electrons. The first kappa shape index (κ1) is 21.9. The summed E-state index contributed by atoms with van der Waals surface area (Å²) < 4.78 is 4.93. The molecule has 0 bridgehead atoms. The maximum atomic E-state index is 13.3. The number of carbonyl (C=O) groups is 3. The van der Waals surface area contributed by atoms with Crippen LogP contribution in [0.1, 0.15) is 44.6 Å². The van der Waals surface area contributed by atoms with E-state index in [-0.39, 0.29) is 30.9 Å². The molecule has 1 aliphatic rings. The number of amides is 1. The van der Waals surface area contributed by atoms with Crippen molar-refractivity contribution in [2.24, 2.45) is 0 Å². The predicted octanol–water partition coefficient (Wildman–Crippen LogP) is 2.00. The van der Waals surface area contributed by atoms with Crippen LogP contribution in [0.25, 0.3) is 0 Å². The van der Waals surface area contributed by atoms with Gasteiger partial charge in [0.05, 0.1) is 19.1 Å². The third-order valence-corrected chi connectivity index (χ3v) is 4.96. The summed E-state index contributed by atoms with van der Waals surface area (Å²) in [6, 6.07) is 8.96. The van der Waals surface area contributed by atoms with E-state index in [1.54, 1.807) is 6.92 Å². The molecular weight excluding hydrogens is 360 g/mol. The Kier molecular flexibility index (Phi) is 8.94. The highest BCUT2D eigenvalue weighted by Crippen LogP contribution is 2.24. The first-order valence-corrected chi connectivity index (χ1v) is 9.96. The van der Waals surface area contributed by atoms with Gasteiger partial charge in [0, 0.05) is 12.6 Å². The number of carboxylic acids is 1. The molecular formula is C21H30N2O5. The van der Waals surface area contributed by atoms with Crippen LogP contribution in [-0.2, 0) is 25.5 Å². The van der Waals surface area contributed by atoms with Crippen molar-refractivity contribution < 1.29 is 24.2 Å². The number of esters is 1. The van der Waals surface area contributed by atoms with Gasteiger partial charge in [0.1, 0.15) is 6.54 Å². The fraction of sp³-hybridized carbons (Fsp3) is 0.571. The van der Waals surface area contributed by atoms with Gasteiger partial charge in [0.15, 0.2) is 0 Å². The highest BCUT2D eigenvalue weighted by molar-refractivity contribution is 5.86. The second kappa shape index (κ2) is 11.4. The maximum Gasteiger partial charge on any atom is 0.323 e. The van der Waals surface area contributed by atoms with Crippen LogP contribution in [0.15, 0.2) is 30.3 Å². The summed E-state index contributed by atoms with van der Waals surface area (Å²) in [5.74, 6) is -1.55. The topological polar surface area (TPSA) is 95.9 Å². The number of benzene rings is 1. The van der Waals surface area contributed by atoms with Gasteiger partial charge in [-0.15, -0.1) is 0 Å². The van der Waals surface area contributed by atoms with Crippen LogP contribution in [-0.4, -0.2) is 59.6 Å². The molecule has 1 aliphatic carbocycles. The molecule has 7 heteroatoms. The minimum atomic E-state index is -1.01. The zero-order valence-electron chi connectivity index (χ0n) is 16.4. The van der Waals surface area contributed by atoms with Gasteiger partial charge in [0.25, 0.3) is 0 Å². The molecule has 2 rings (SSSR count). The molecule has 1 amide bonds. The lowest BCUT2D eigenvalue weighted by Crippen LogP contribution is -2.52. The Morgan fingerprint density at radius 2 is 1.89 bits per heavy atom. The Labute approximate surface area is 166 Å². The van der Waals surface area contributed by atoms with Crippen LogP contribution < -0.4 is 5.32 Å². The predicted molar refractivity (Wildman–Crippen MR) is 105 cm³/mol. The standard InChI is InChI=1S/C21H30N2O5/c1-2-28-20(26)12-13-22-18(14-16-8-4-3-5-9-16)21(27)23(15-19(24)25)17-10-6-7-11-17/h3-5,8-9,17-18,22H,2,6-7,10-15H2,1H3,(H,24,25)/t18-/m0/s1. The summed E-state index contributed by atoms with van der Waals surface area (Å²) in [5.41, 5.74) is 0.978. The molecule has 1 fully saturated rings. The van der Waals surface area contributed by atoms with Crippen molar-refractivity contribution in [3.63, 3.8) is 0 Å². The van der Waals surface area contributed by atoms with Gasteiger partial charge >= 0.3 is 11.9 Å². The van der Waals surface area contributed by atoms with Crippen molar-refractivity contribution in [3.8, 4) is 0 Å². The van der Waals surface area contributed by atoms with E-state index >= 15 is 0 Å². The van der Waals surface area contributed by atoms with Gasteiger partial charge in [-0.2, -0.15) is 0 Å². The zero-order chi connectivity index (χ0) is 20.4. The van der Waals surface area contributed by atoms with E-state index in [9.17, 15) is 19.5 Å². The number of ether oxygens (including phenoxy) is 1. The molecule has 0 aromatic heterocycles. The molecule has 0 radical (unpaired) electrons. The minimum Gasteiger partial charge on any atom is -0.480 e. The minimum absolute atomic E-state index is 0.0336. The number of nitrogens with one attached hydrogen (secondary N) is 1. The third kappa shape index (κ3) is 6.96. The van der Waals surface area contributed by atoms with Crippen LogP contribution in [0.3, 0.4) is 0 Å². The first-order chi connectivity index (χ1) is 13.5. The molecule has 1 saturated carbocycles. The lowest BCUT2D eigenvalue weighted by molar-refractivity contribution is -0.147. The fourth-order valence-corrected chi connectivity index (χ4v) is 3.63. The van der Waals surface area contributed by atoms with Crippen molar-refractivity contribution in [1.82, 2.24) is 10.2 Å². The molecule has 0 unspecified atom stereocenters. The number of carboxylic acid groups (broad SMARTS) is 1. The Balaban J connectivity index is 2.10. The van der Waals surface area contributed by atoms with Gasteiger partial charge in [-0.25, -0.2) is 0 Å². The van der Waals surface area contributed by atoms with E-state index in [1.807, 2.05) is 30.3 Å². The number of hydrogen-bond donors (Lipinski definition) is 2. The SMILES string of the molecule is CCOC(=O)CCN[C@@H](Cc1ccccc1)C(=O)N(CC(=O)O)C1CCCC1. The number of rotatable bonds is 11. The summed E-state index contributed by atoms with van der Waals surface area (Å²) in [6.07, 6.45) is 4.28. The molecule has 1 aromatic rings. The summed E-state index contributed by atoms with van der Waals surface area (Å²) in [5, 5.41) is 12.4. The monoisotopic (exact) mass is 390 g/mol. The lowest BCUT2D eigenvalue weighted by Gasteiger charge is -2.31. The second-order valence-electron chi connectivity index (χ2n) is 7.05. The normalized spacial score (nSPS) is 15.2. The van der Waals surface area contributed by atoms with E-state index in [2.05, 4.69) is 5.32 Å². The van der Waals surface area contributed by atoms with Gasteiger partial charge in [-0.3, -0.25) is 14.4 Å². The average Bonchev–Trinajstić information content (AvgIpc) is 3.20. The van der Waals surface area contributed by atoms with Crippen LogP contribution in [0, 0.1) is 0 Å². The second-order valence-corrected chi connectivity index (χ2v) is 7.05. The van der Waals surface area contributed by atoms with Crippen LogP contribution in [0.5, 0.6) is 0 Å². The van der Waals surface area contributed by atoms with E-state index in [0.717, 1.165) is 31.2 Å². The van der Waals surface area contributed by atoms with Crippen molar-refractivity contribution >= 4 is 17.8 Å². The Morgan fingerprint density at radius 1 is 1.21 bits per heavy atom. The van der Waals surface area contributed by atoms with Gasteiger partial charge in [-0.05, 0) is 31.7 Å². The summed E-state index contributed by atoms with van der Waals surface area (Å²) in [6.45, 7) is 2.07. The Bertz CT molecular complexity index is 643. The molecule has 28 heavy (non-hydrogen) atoms. The van der Waals surface area contributed by atoms with Crippen LogP contribution >= 0.6 is 0 Å². The number of carbonyl (C=O) groups excluding carboxylic acids is 2. The first-order valence-electron chi connectivity index (χ1n) is 9.96. The zero-order valence-corrected chi connectivity index (χ0v) is 16.4. The molecule has 0 spiro atoms. The van der Waals surface area contributed by atoms with E-state index in [1.165, 1.54) is 4.90 Å². The van der Waals surface area contributed by atoms with Crippen molar-refractivity contribution in [2.45, 2.75) is 57.5 Å². The van der Waals surface area contributed by atoms with Gasteiger partial charge < -0.3 is 20.1 Å². The van der Waals surface area contributed by atoms with Crippen molar-refractivity contribution in [1.29, 1.82) is 0 Å². The molecule has 7 nitrogen and oxygen atoms in total. The molecule has 0 saturated heterocycles. The van der Waals surface area contributed by atoms with E-state index < -0.39 is 12.0 Å². The van der Waals surface area contributed by atoms with Crippen LogP contribution in [0.4, 0.5) is 0 Å². The summed E-state index contributed by atoms with van der Waals surface area (Å²) in [4.78, 5) is 37.7. The highest BCUT2D eigenvalue weighted by Gasteiger charge is 2.32. The molecule has 2 N–H and O–H groups in total. The van der Waals surface area contributed by atoms with Gasteiger partial charge in [0.2, 0.25) is 5.91 Å². The number of nitrogens with zero attached hydrogens (tertiary/aromatic N) is 1. The quantitative estimate of drug-likeness (QED) is 0.561. The summed E-state index contributed by atoms with van der Waals surface area (Å²) >= 11 is 0. The fourth-order valence-electron chi connectivity index (χ4n) is 3.63. The largest absolute Gasteiger partial charge is 0.480 e. The van der Waals surface area contributed by atoms with Crippen LogP contribution in [0.2, 0.25) is 0 Å². The highest BCUT2D eigenvalue weighted by atomic mass is 16.5. The summed E-state index contributed by atoms with van der Waals surface area (Å²) in [7, 11) is 0. The maximum absolute atomic E-state index is 13.3. The smallest absolute Gasteiger partial charge is 0.323 e. The number of hydrogen-bond acceptors (Lipinski definition) is 5.